The Balaban J connectivity index is 0.977. The first-order chi connectivity index (χ1) is 39.7. The van der Waals surface area contributed by atoms with E-state index in [4.69, 9.17) is 4.42 Å². The van der Waals surface area contributed by atoms with Crippen LogP contribution in [0.5, 0.6) is 0 Å². The van der Waals surface area contributed by atoms with Crippen molar-refractivity contribution in [3.63, 3.8) is 0 Å². The molecule has 10 aromatic carbocycles. The second kappa shape index (κ2) is 17.3. The minimum absolute atomic E-state index is 0.0657. The van der Waals surface area contributed by atoms with Gasteiger partial charge in [-0.25, -0.2) is 0 Å². The summed E-state index contributed by atoms with van der Waals surface area (Å²) >= 11 is 1.97. The Morgan fingerprint density at radius 2 is 0.850 bits per heavy atom. The van der Waals surface area contributed by atoms with Crippen LogP contribution in [0.3, 0.4) is 0 Å². The fraction of sp³-hybridized carbons (Fsp3) is 0.127. The molecule has 7 heterocycles. The summed E-state index contributed by atoms with van der Waals surface area (Å²) in [5.74, 6) is 0.496. The first-order valence-corrected chi connectivity index (χ1v) is 29.7. The molecule has 0 amide bonds. The third-order valence-corrected chi connectivity index (χ3v) is 19.9. The van der Waals surface area contributed by atoms with Gasteiger partial charge in [0.05, 0.1) is 17.0 Å². The largest absolute Gasteiger partial charge is 0.468 e. The SMILES string of the molecule is c1ccc(N2c3cc(C4CCCC4)cc4c3B(c3oc5ccccc5c3N4c3ccccc3)c3c2ccc2c4c(ccc32)N(c2ccccc2)c2cc(N3CCCC3)cc3c2B4c2sc4ccccc4c2N3c2ccccc2)cc1. The number of para-hydroxylation sites is 5. The van der Waals surface area contributed by atoms with Gasteiger partial charge in [0.25, 0.3) is 13.4 Å². The standard InChI is InChI=1S/C71H53B2N5OS/c1-5-23-47(24-6-1)75-56-37-36-53-52(64(56)72-66-58(75)41-46(45-21-13-14-22-45)42-59(66)77(49-27-9-3-10-28-49)68-54-31-15-17-33-62(54)79-70(68)72)35-38-57-65(53)73-67-60(76(57)48-25-7-2-8-26-48)43-51(74-39-19-20-40-74)44-61(67)78(50-29-11-4-12-30-50)69-55-32-16-18-34-63(55)80-71(69)73/h1-12,15-18,23-38,41-45H,13-14,19-22,39-40H2. The molecule has 0 atom stereocenters. The Hall–Kier alpha value is -8.91. The van der Waals surface area contributed by atoms with Crippen molar-refractivity contribution in [2.75, 3.05) is 37.6 Å². The van der Waals surface area contributed by atoms with Gasteiger partial charge in [0, 0.05) is 95.9 Å². The summed E-state index contributed by atoms with van der Waals surface area (Å²) < 4.78 is 10.2. The molecule has 80 heavy (non-hydrogen) atoms. The lowest BCUT2D eigenvalue weighted by Gasteiger charge is -2.45. The second-order valence-electron chi connectivity index (χ2n) is 22.8. The Bertz CT molecular complexity index is 4210. The molecule has 18 rings (SSSR count). The van der Waals surface area contributed by atoms with Crippen molar-refractivity contribution >= 4 is 163 Å². The zero-order chi connectivity index (χ0) is 52.2. The van der Waals surface area contributed by atoms with Crippen LogP contribution in [0.2, 0.25) is 0 Å². The van der Waals surface area contributed by atoms with Crippen molar-refractivity contribution in [1.82, 2.24) is 0 Å². The fourth-order valence-corrected chi connectivity index (χ4v) is 16.6. The summed E-state index contributed by atoms with van der Waals surface area (Å²) in [6.07, 6.45) is 7.36. The zero-order valence-electron chi connectivity index (χ0n) is 44.2. The van der Waals surface area contributed by atoms with Crippen LogP contribution in [0.25, 0.3) is 31.8 Å². The molecule has 1 saturated heterocycles. The second-order valence-corrected chi connectivity index (χ2v) is 23.9. The zero-order valence-corrected chi connectivity index (χ0v) is 45.0. The highest BCUT2D eigenvalue weighted by atomic mass is 32.1. The van der Waals surface area contributed by atoms with Gasteiger partial charge in [-0.05, 0) is 173 Å². The molecule has 0 spiro atoms. The molecule has 380 valence electrons. The molecule has 9 heteroatoms. The van der Waals surface area contributed by atoms with Gasteiger partial charge in [-0.1, -0.05) is 128 Å². The molecule has 2 fully saturated rings. The van der Waals surface area contributed by atoms with Crippen LogP contribution in [0.1, 0.15) is 50.0 Å². The average Bonchev–Trinajstić information content (AvgIpc) is 4.45. The van der Waals surface area contributed by atoms with Crippen molar-refractivity contribution in [3.05, 3.63) is 224 Å². The van der Waals surface area contributed by atoms with Gasteiger partial charge in [0.2, 0.25) is 0 Å². The number of fused-ring (bicyclic) bond motifs is 15. The fourth-order valence-electron chi connectivity index (χ4n) is 15.3. The summed E-state index contributed by atoms with van der Waals surface area (Å²) in [6, 6.07) is 82.5. The van der Waals surface area contributed by atoms with E-state index in [1.807, 2.05) is 11.3 Å². The lowest BCUT2D eigenvalue weighted by atomic mass is 9.33. The first kappa shape index (κ1) is 45.0. The Labute approximate surface area is 470 Å². The van der Waals surface area contributed by atoms with E-state index < -0.39 is 0 Å². The highest BCUT2D eigenvalue weighted by Crippen LogP contribution is 2.53. The maximum absolute atomic E-state index is 7.48. The third-order valence-electron chi connectivity index (χ3n) is 18.6. The summed E-state index contributed by atoms with van der Waals surface area (Å²) in [5.41, 5.74) is 24.4. The number of thiophene rings is 1. The van der Waals surface area contributed by atoms with E-state index in [2.05, 4.69) is 243 Å². The molecule has 2 aromatic heterocycles. The van der Waals surface area contributed by atoms with Gasteiger partial charge in [-0.2, -0.15) is 0 Å². The van der Waals surface area contributed by atoms with Crippen molar-refractivity contribution in [2.24, 2.45) is 0 Å². The van der Waals surface area contributed by atoms with Crippen molar-refractivity contribution in [2.45, 2.75) is 44.4 Å². The van der Waals surface area contributed by atoms with Crippen molar-refractivity contribution < 1.29 is 4.42 Å². The molecule has 0 bridgehead atoms. The van der Waals surface area contributed by atoms with Crippen LogP contribution in [0.15, 0.2) is 223 Å². The van der Waals surface area contributed by atoms with Crippen LogP contribution < -0.4 is 56.8 Å². The smallest absolute Gasteiger partial charge is 0.297 e. The predicted molar refractivity (Wildman–Crippen MR) is 340 cm³/mol. The van der Waals surface area contributed by atoms with Gasteiger partial charge in [0.15, 0.2) is 0 Å². The van der Waals surface area contributed by atoms with Gasteiger partial charge in [-0.15, -0.1) is 11.3 Å². The van der Waals surface area contributed by atoms with E-state index in [0.29, 0.717) is 5.92 Å². The Morgan fingerprint density at radius 1 is 0.375 bits per heavy atom. The lowest BCUT2D eigenvalue weighted by Crippen LogP contribution is -2.62. The van der Waals surface area contributed by atoms with E-state index in [1.165, 1.54) is 143 Å². The van der Waals surface area contributed by atoms with Gasteiger partial charge in [-0.3, -0.25) is 0 Å². The van der Waals surface area contributed by atoms with E-state index in [1.54, 1.807) is 0 Å². The average molecular weight is 1050 g/mol. The molecular weight excluding hydrogens is 993 g/mol. The highest BCUT2D eigenvalue weighted by molar-refractivity contribution is 7.34. The van der Waals surface area contributed by atoms with Crippen molar-refractivity contribution in [1.29, 1.82) is 0 Å². The number of hydrogen-bond acceptors (Lipinski definition) is 7. The minimum atomic E-state index is -0.212. The molecule has 0 N–H and O–H groups in total. The summed E-state index contributed by atoms with van der Waals surface area (Å²) in [6.45, 7) is 1.84. The molecule has 6 nitrogen and oxygen atoms in total. The van der Waals surface area contributed by atoms with E-state index in [0.717, 1.165) is 52.5 Å². The normalized spacial score (nSPS) is 15.9. The maximum Gasteiger partial charge on any atom is 0.297 e. The maximum atomic E-state index is 7.48. The summed E-state index contributed by atoms with van der Waals surface area (Å²) in [4.78, 5) is 13.0. The molecule has 5 aliphatic heterocycles. The number of furan rings is 1. The quantitative estimate of drug-likeness (QED) is 0.154. The Kier molecular flexibility index (Phi) is 9.73. The van der Waals surface area contributed by atoms with Crippen LogP contribution in [-0.2, 0) is 0 Å². The Morgan fingerprint density at radius 3 is 1.46 bits per heavy atom. The highest BCUT2D eigenvalue weighted by Gasteiger charge is 2.51. The molecule has 12 aromatic rings. The predicted octanol–water partition coefficient (Wildman–Crippen LogP) is 15.2. The molecular formula is C71H53B2N5OS. The molecule has 0 unspecified atom stereocenters. The van der Waals surface area contributed by atoms with Gasteiger partial charge >= 0.3 is 0 Å². The van der Waals surface area contributed by atoms with Crippen LogP contribution >= 0.6 is 11.3 Å². The van der Waals surface area contributed by atoms with Crippen molar-refractivity contribution in [3.8, 4) is 0 Å². The number of anilines is 13. The number of rotatable bonds is 6. The summed E-state index contributed by atoms with van der Waals surface area (Å²) in [5, 5.41) is 4.95. The van der Waals surface area contributed by atoms with Crippen LogP contribution in [0.4, 0.5) is 73.9 Å². The van der Waals surface area contributed by atoms with Crippen LogP contribution in [-0.4, -0.2) is 26.5 Å². The molecule has 1 aliphatic carbocycles. The monoisotopic (exact) mass is 1050 g/mol. The van der Waals surface area contributed by atoms with Gasteiger partial charge in [0.1, 0.15) is 5.58 Å². The number of hydrogen-bond donors (Lipinski definition) is 0. The number of benzene rings is 10. The lowest BCUT2D eigenvalue weighted by molar-refractivity contribution is 0.651. The van der Waals surface area contributed by atoms with Gasteiger partial charge < -0.3 is 28.9 Å². The van der Waals surface area contributed by atoms with Crippen LogP contribution in [0, 0.1) is 0 Å². The number of nitrogens with zero attached hydrogens (tertiary/aromatic N) is 5. The first-order valence-electron chi connectivity index (χ1n) is 28.9. The van der Waals surface area contributed by atoms with E-state index in [-0.39, 0.29) is 13.4 Å². The molecule has 1 saturated carbocycles. The third kappa shape index (κ3) is 6.32. The topological polar surface area (TPSA) is 29.3 Å². The van der Waals surface area contributed by atoms with E-state index in [9.17, 15) is 0 Å². The molecule has 6 aliphatic rings. The minimum Gasteiger partial charge on any atom is -0.468 e. The van der Waals surface area contributed by atoms with E-state index >= 15 is 0 Å². The summed E-state index contributed by atoms with van der Waals surface area (Å²) in [7, 11) is 0. The molecule has 0 radical (unpaired) electrons.